The Bertz CT molecular complexity index is 90.0. The molecular formula is C5H7BrO. The quantitative estimate of drug-likeness (QED) is 0.447. The Labute approximate surface area is 51.9 Å². The summed E-state index contributed by atoms with van der Waals surface area (Å²) in [5, 5.41) is 9.17. The SMILES string of the molecule is CC#CC(O)CBr. The van der Waals surface area contributed by atoms with Crippen LogP contribution in [0.1, 0.15) is 6.92 Å². The van der Waals surface area contributed by atoms with Gasteiger partial charge in [-0.2, -0.15) is 0 Å². The Kier molecular flexibility index (Phi) is 4.17. The fourth-order valence-electron chi connectivity index (χ4n) is 0.205. The molecule has 0 heterocycles. The summed E-state index contributed by atoms with van der Waals surface area (Å²) in [6.45, 7) is 1.70. The molecule has 0 bridgehead atoms. The van der Waals surface area contributed by atoms with E-state index in [0.29, 0.717) is 5.33 Å². The number of hydrogen-bond donors (Lipinski definition) is 1. The smallest absolute Gasteiger partial charge is 0.124 e. The van der Waals surface area contributed by atoms with Crippen LogP contribution in [0, 0.1) is 11.8 Å². The summed E-state index contributed by atoms with van der Waals surface area (Å²) < 4.78 is 0. The van der Waals surface area contributed by atoms with Crippen LogP contribution in [-0.4, -0.2) is 16.5 Å². The number of aliphatic hydroxyl groups excluding tert-OH is 1. The molecule has 0 aliphatic heterocycles. The van der Waals surface area contributed by atoms with Crippen LogP contribution in [0.2, 0.25) is 0 Å². The third-order valence-electron chi connectivity index (χ3n) is 0.457. The normalized spacial score (nSPS) is 11.9. The summed E-state index contributed by atoms with van der Waals surface area (Å²) in [6, 6.07) is 0. The molecule has 0 aromatic carbocycles. The second-order valence-electron chi connectivity index (χ2n) is 1.06. The molecule has 1 atom stereocenters. The zero-order valence-electron chi connectivity index (χ0n) is 4.11. The van der Waals surface area contributed by atoms with Gasteiger partial charge in [0.25, 0.3) is 0 Å². The van der Waals surface area contributed by atoms with Crippen LogP contribution in [0.5, 0.6) is 0 Å². The minimum atomic E-state index is -0.495. The van der Waals surface area contributed by atoms with Crippen LogP contribution < -0.4 is 0 Å². The van der Waals surface area contributed by atoms with Gasteiger partial charge in [0, 0.05) is 5.33 Å². The molecule has 40 valence electrons. The molecule has 0 aromatic heterocycles. The van der Waals surface area contributed by atoms with Crippen LogP contribution in [0.4, 0.5) is 0 Å². The first-order chi connectivity index (χ1) is 3.31. The molecule has 0 saturated heterocycles. The molecule has 0 saturated carbocycles. The molecule has 7 heavy (non-hydrogen) atoms. The van der Waals surface area contributed by atoms with E-state index in [-0.39, 0.29) is 0 Å². The van der Waals surface area contributed by atoms with E-state index in [9.17, 15) is 0 Å². The number of alkyl halides is 1. The standard InChI is InChI=1S/C5H7BrO/c1-2-3-5(7)4-6/h5,7H,4H2,1H3. The molecule has 0 fully saturated rings. The third-order valence-corrected chi connectivity index (χ3v) is 1.07. The van der Waals surface area contributed by atoms with E-state index in [1.165, 1.54) is 0 Å². The molecule has 2 heteroatoms. The van der Waals surface area contributed by atoms with Crippen molar-refractivity contribution in [3.05, 3.63) is 0 Å². The topological polar surface area (TPSA) is 20.2 Å². The van der Waals surface area contributed by atoms with Gasteiger partial charge < -0.3 is 5.11 Å². The van der Waals surface area contributed by atoms with Crippen molar-refractivity contribution in [1.29, 1.82) is 0 Å². The number of hydrogen-bond acceptors (Lipinski definition) is 1. The van der Waals surface area contributed by atoms with Crippen molar-refractivity contribution < 1.29 is 5.11 Å². The predicted octanol–water partition coefficient (Wildman–Crippen LogP) is 0.766. The van der Waals surface area contributed by atoms with Crippen molar-refractivity contribution in [2.75, 3.05) is 5.33 Å². The first kappa shape index (κ1) is 7.00. The molecule has 1 nitrogen and oxygen atoms in total. The molecule has 0 aliphatic carbocycles. The first-order valence-corrected chi connectivity index (χ1v) is 3.09. The van der Waals surface area contributed by atoms with E-state index in [1.54, 1.807) is 6.92 Å². The monoisotopic (exact) mass is 162 g/mol. The Morgan fingerprint density at radius 2 is 2.43 bits per heavy atom. The van der Waals surface area contributed by atoms with Gasteiger partial charge in [-0.05, 0) is 6.92 Å². The second kappa shape index (κ2) is 4.17. The molecule has 0 radical (unpaired) electrons. The lowest BCUT2D eigenvalue weighted by molar-refractivity contribution is 0.259. The number of rotatable bonds is 1. The highest BCUT2D eigenvalue weighted by Crippen LogP contribution is 1.85. The molecule has 0 aliphatic rings. The van der Waals surface area contributed by atoms with E-state index in [1.807, 2.05) is 0 Å². The first-order valence-electron chi connectivity index (χ1n) is 1.97. The summed E-state index contributed by atoms with van der Waals surface area (Å²) in [5.41, 5.74) is 0. The van der Waals surface area contributed by atoms with Crippen molar-refractivity contribution in [2.24, 2.45) is 0 Å². The molecule has 0 rings (SSSR count). The van der Waals surface area contributed by atoms with E-state index in [0.717, 1.165) is 0 Å². The molecular weight excluding hydrogens is 156 g/mol. The maximum absolute atomic E-state index is 8.64. The summed E-state index contributed by atoms with van der Waals surface area (Å²) in [7, 11) is 0. The van der Waals surface area contributed by atoms with Crippen LogP contribution in [0.25, 0.3) is 0 Å². The Balaban J connectivity index is 3.29. The third kappa shape index (κ3) is 3.84. The largest absolute Gasteiger partial charge is 0.379 e. The molecule has 0 spiro atoms. The summed E-state index contributed by atoms with van der Waals surface area (Å²) >= 11 is 3.06. The van der Waals surface area contributed by atoms with Crippen molar-refractivity contribution >= 4 is 15.9 Å². The van der Waals surface area contributed by atoms with E-state index < -0.39 is 6.10 Å². The maximum atomic E-state index is 8.64. The lowest BCUT2D eigenvalue weighted by Gasteiger charge is -1.90. The van der Waals surface area contributed by atoms with Gasteiger partial charge in [-0.15, -0.1) is 5.92 Å². The van der Waals surface area contributed by atoms with Crippen molar-refractivity contribution in [3.63, 3.8) is 0 Å². The second-order valence-corrected chi connectivity index (χ2v) is 1.71. The van der Waals surface area contributed by atoms with Gasteiger partial charge >= 0.3 is 0 Å². The van der Waals surface area contributed by atoms with Gasteiger partial charge in [0.2, 0.25) is 0 Å². The predicted molar refractivity (Wildman–Crippen MR) is 33.3 cm³/mol. The molecule has 0 aromatic rings. The van der Waals surface area contributed by atoms with Gasteiger partial charge in [-0.25, -0.2) is 0 Å². The van der Waals surface area contributed by atoms with Gasteiger partial charge in [-0.3, -0.25) is 0 Å². The zero-order valence-corrected chi connectivity index (χ0v) is 5.70. The fourth-order valence-corrected chi connectivity index (χ4v) is 0.367. The van der Waals surface area contributed by atoms with Crippen LogP contribution in [0.15, 0.2) is 0 Å². The van der Waals surface area contributed by atoms with Crippen LogP contribution >= 0.6 is 15.9 Å². The van der Waals surface area contributed by atoms with Crippen LogP contribution in [-0.2, 0) is 0 Å². The van der Waals surface area contributed by atoms with Crippen molar-refractivity contribution in [1.82, 2.24) is 0 Å². The van der Waals surface area contributed by atoms with Gasteiger partial charge in [0.15, 0.2) is 0 Å². The summed E-state index contributed by atoms with van der Waals surface area (Å²) in [4.78, 5) is 0. The molecule has 1 N–H and O–H groups in total. The van der Waals surface area contributed by atoms with E-state index in [2.05, 4.69) is 27.8 Å². The maximum Gasteiger partial charge on any atom is 0.124 e. The van der Waals surface area contributed by atoms with Gasteiger partial charge in [0.05, 0.1) is 0 Å². The van der Waals surface area contributed by atoms with E-state index >= 15 is 0 Å². The Morgan fingerprint density at radius 1 is 1.86 bits per heavy atom. The summed E-state index contributed by atoms with van der Waals surface area (Å²) in [6.07, 6.45) is -0.495. The van der Waals surface area contributed by atoms with Gasteiger partial charge in [0.1, 0.15) is 6.10 Å². The van der Waals surface area contributed by atoms with Crippen molar-refractivity contribution in [3.8, 4) is 11.8 Å². The zero-order chi connectivity index (χ0) is 5.70. The Morgan fingerprint density at radius 3 is 2.57 bits per heavy atom. The van der Waals surface area contributed by atoms with E-state index in [4.69, 9.17) is 5.11 Å². The van der Waals surface area contributed by atoms with Crippen LogP contribution in [0.3, 0.4) is 0 Å². The average molecular weight is 163 g/mol. The lowest BCUT2D eigenvalue weighted by Crippen LogP contribution is -2.02. The minimum Gasteiger partial charge on any atom is -0.379 e. The van der Waals surface area contributed by atoms with Crippen molar-refractivity contribution in [2.45, 2.75) is 13.0 Å². The lowest BCUT2D eigenvalue weighted by atomic mass is 10.4. The number of halogens is 1. The minimum absolute atomic E-state index is 0.495. The average Bonchev–Trinajstić information content (AvgIpc) is 1.68. The highest BCUT2D eigenvalue weighted by atomic mass is 79.9. The molecule has 0 amide bonds. The fraction of sp³-hybridized carbons (Fsp3) is 0.600. The Hall–Kier alpha value is 0. The molecule has 1 unspecified atom stereocenters. The highest BCUT2D eigenvalue weighted by Gasteiger charge is 1.89. The van der Waals surface area contributed by atoms with Gasteiger partial charge in [-0.1, -0.05) is 21.9 Å². The highest BCUT2D eigenvalue weighted by molar-refractivity contribution is 9.09. The summed E-state index contributed by atoms with van der Waals surface area (Å²) in [5.74, 6) is 5.14. The number of aliphatic hydroxyl groups is 1.